The number of piperidine rings is 1. The van der Waals surface area contributed by atoms with Crippen LogP contribution in [0.1, 0.15) is 37.9 Å². The smallest absolute Gasteiger partial charge is 0.416 e. The molecule has 6 rings (SSSR count). The quantitative estimate of drug-likeness (QED) is 0.425. The molecule has 42 heavy (non-hydrogen) atoms. The van der Waals surface area contributed by atoms with Crippen LogP contribution in [0.2, 0.25) is 0 Å². The fourth-order valence-electron chi connectivity index (χ4n) is 5.64. The van der Waals surface area contributed by atoms with Crippen molar-refractivity contribution in [3.8, 4) is 17.1 Å². The zero-order valence-electron chi connectivity index (χ0n) is 23.4. The highest BCUT2D eigenvalue weighted by atomic mass is 19.4. The summed E-state index contributed by atoms with van der Waals surface area (Å²) >= 11 is 0. The van der Waals surface area contributed by atoms with Gasteiger partial charge in [-0.2, -0.15) is 13.2 Å². The van der Waals surface area contributed by atoms with Crippen molar-refractivity contribution in [2.24, 2.45) is 0 Å². The summed E-state index contributed by atoms with van der Waals surface area (Å²) in [5.41, 5.74) is 1.14. The van der Waals surface area contributed by atoms with Gasteiger partial charge in [0.1, 0.15) is 24.1 Å². The summed E-state index contributed by atoms with van der Waals surface area (Å²) in [5.74, 6) is 0.276. The zero-order chi connectivity index (χ0) is 29.6. The van der Waals surface area contributed by atoms with E-state index in [1.807, 2.05) is 13.8 Å². The third-order valence-corrected chi connectivity index (χ3v) is 7.48. The van der Waals surface area contributed by atoms with Crippen molar-refractivity contribution in [3.63, 3.8) is 0 Å². The summed E-state index contributed by atoms with van der Waals surface area (Å²) in [6, 6.07) is 5.96. The fourth-order valence-corrected chi connectivity index (χ4v) is 5.64. The summed E-state index contributed by atoms with van der Waals surface area (Å²) in [5, 5.41) is 2.91. The predicted molar refractivity (Wildman–Crippen MR) is 149 cm³/mol. The van der Waals surface area contributed by atoms with Crippen LogP contribution in [0.15, 0.2) is 42.7 Å². The Morgan fingerprint density at radius 3 is 2.81 bits per heavy atom. The maximum absolute atomic E-state index is 13.8. The van der Waals surface area contributed by atoms with Crippen LogP contribution in [0, 0.1) is 6.92 Å². The maximum Gasteiger partial charge on any atom is 0.416 e. The topological polar surface area (TPSA) is 102 Å². The van der Waals surface area contributed by atoms with Crippen molar-refractivity contribution in [2.75, 3.05) is 41.4 Å². The highest BCUT2D eigenvalue weighted by Gasteiger charge is 2.40. The van der Waals surface area contributed by atoms with Crippen LogP contribution >= 0.6 is 0 Å². The number of ether oxygens (including phenoxy) is 3. The Morgan fingerprint density at radius 1 is 1.21 bits per heavy atom. The van der Waals surface area contributed by atoms with Crippen LogP contribution in [-0.4, -0.2) is 65.2 Å². The number of hydrogen-bond acceptors (Lipinski definition) is 8. The fraction of sp³-hybridized carbons (Fsp3) is 0.448. The molecule has 10 nitrogen and oxygen atoms in total. The number of benzene rings is 1. The number of hydrogen-bond donors (Lipinski definition) is 1. The van der Waals surface area contributed by atoms with Crippen LogP contribution in [0.3, 0.4) is 0 Å². The average molecular weight is 585 g/mol. The number of urea groups is 1. The Kier molecular flexibility index (Phi) is 7.17. The van der Waals surface area contributed by atoms with E-state index in [-0.39, 0.29) is 30.1 Å². The average Bonchev–Trinajstić information content (AvgIpc) is 3.30. The number of carbonyl (C=O) groups excluding carboxylic acids is 1. The first-order chi connectivity index (χ1) is 20.0. The molecule has 2 atom stereocenters. The lowest BCUT2D eigenvalue weighted by Crippen LogP contribution is -2.56. The van der Waals surface area contributed by atoms with Gasteiger partial charge in [-0.1, -0.05) is 12.1 Å². The van der Waals surface area contributed by atoms with Gasteiger partial charge in [-0.3, -0.25) is 9.88 Å². The van der Waals surface area contributed by atoms with Crippen LogP contribution in [0.5, 0.6) is 5.75 Å². The summed E-state index contributed by atoms with van der Waals surface area (Å²) in [4.78, 5) is 31.0. The summed E-state index contributed by atoms with van der Waals surface area (Å²) in [7, 11) is 0. The van der Waals surface area contributed by atoms with Gasteiger partial charge in [-0.05, 0) is 45.7 Å². The molecule has 2 saturated heterocycles. The van der Waals surface area contributed by atoms with Crippen molar-refractivity contribution in [2.45, 2.75) is 57.7 Å². The largest absolute Gasteiger partial charge is 0.489 e. The minimum atomic E-state index is -4.51. The number of nitrogens with zero attached hydrogens (tertiary/aromatic N) is 5. The number of rotatable bonds is 5. The number of fused-ring (bicyclic) bond motifs is 4. The Morgan fingerprint density at radius 2 is 2.05 bits per heavy atom. The third kappa shape index (κ3) is 5.71. The Balaban J connectivity index is 1.27. The molecule has 0 saturated carbocycles. The van der Waals surface area contributed by atoms with Crippen LogP contribution in [0.25, 0.3) is 11.4 Å². The SMILES string of the molecule is Cc1nc(-c2cccc(C(F)(F)F)c2)nc2c1N1CCCC(C1)N2C(=O)Nc1cncc(OC[C@H]2COC(C)(C)O2)c1. The van der Waals surface area contributed by atoms with Gasteiger partial charge in [0.2, 0.25) is 0 Å². The zero-order valence-corrected chi connectivity index (χ0v) is 23.4. The van der Waals surface area contributed by atoms with E-state index in [2.05, 4.69) is 25.2 Å². The molecule has 3 aliphatic rings. The van der Waals surface area contributed by atoms with Crippen molar-refractivity contribution >= 4 is 23.2 Å². The van der Waals surface area contributed by atoms with Gasteiger partial charge in [0.05, 0.1) is 42.0 Å². The van der Waals surface area contributed by atoms with Gasteiger partial charge in [-0.25, -0.2) is 14.8 Å². The van der Waals surface area contributed by atoms with E-state index in [1.54, 1.807) is 24.1 Å². The highest BCUT2D eigenvalue weighted by molar-refractivity contribution is 6.04. The molecule has 1 N–H and O–H groups in total. The molecule has 0 radical (unpaired) electrons. The molecular weight excluding hydrogens is 553 g/mol. The third-order valence-electron chi connectivity index (χ3n) is 7.48. The normalized spacial score (nSPS) is 21.2. The molecule has 3 aromatic rings. The van der Waals surface area contributed by atoms with E-state index < -0.39 is 23.6 Å². The number of amides is 2. The van der Waals surface area contributed by atoms with E-state index in [9.17, 15) is 18.0 Å². The number of aryl methyl sites for hydroxylation is 1. The van der Waals surface area contributed by atoms with Crippen LogP contribution < -0.4 is 19.9 Å². The standard InChI is InChI=1S/C29H31F3N6O4/c1-17-24-26(36-25(34-17)18-6-4-7-19(10-18)29(30,31)32)38(21-8-5-9-37(24)14-21)27(39)35-20-11-22(13-33-12-20)40-15-23-16-41-28(2,3)42-23/h4,6-7,10-13,21,23H,5,8-9,14-16H2,1-3H3,(H,35,39)/t21?,23-/m0/s1. The molecule has 1 unspecified atom stereocenters. The van der Waals surface area contributed by atoms with E-state index in [0.29, 0.717) is 41.8 Å². The van der Waals surface area contributed by atoms with E-state index in [4.69, 9.17) is 14.2 Å². The van der Waals surface area contributed by atoms with E-state index >= 15 is 0 Å². The van der Waals surface area contributed by atoms with Crippen molar-refractivity contribution < 1.29 is 32.2 Å². The first-order valence-corrected chi connectivity index (χ1v) is 13.8. The molecule has 2 amide bonds. The number of carbonyl (C=O) groups is 1. The van der Waals surface area contributed by atoms with Gasteiger partial charge in [0.25, 0.3) is 0 Å². The molecular formula is C29H31F3N6O4. The predicted octanol–water partition coefficient (Wildman–Crippen LogP) is 5.42. The molecule has 5 heterocycles. The van der Waals surface area contributed by atoms with Gasteiger partial charge in [-0.15, -0.1) is 0 Å². The number of alkyl halides is 3. The van der Waals surface area contributed by atoms with Crippen molar-refractivity contribution in [3.05, 3.63) is 54.0 Å². The molecule has 1 aromatic carbocycles. The first kappa shape index (κ1) is 28.2. The molecule has 0 aliphatic carbocycles. The van der Waals surface area contributed by atoms with Gasteiger partial charge >= 0.3 is 12.2 Å². The number of halogens is 3. The van der Waals surface area contributed by atoms with E-state index in [1.165, 1.54) is 18.3 Å². The molecule has 2 aromatic heterocycles. The first-order valence-electron chi connectivity index (χ1n) is 13.8. The Bertz CT molecular complexity index is 1500. The number of nitrogens with one attached hydrogen (secondary N) is 1. The molecule has 13 heteroatoms. The van der Waals surface area contributed by atoms with Gasteiger partial charge < -0.3 is 24.4 Å². The second kappa shape index (κ2) is 10.7. The number of anilines is 3. The lowest BCUT2D eigenvalue weighted by atomic mass is 9.99. The Hall–Kier alpha value is -3.97. The summed E-state index contributed by atoms with van der Waals surface area (Å²) in [6.45, 7) is 7.51. The van der Waals surface area contributed by atoms with Crippen molar-refractivity contribution in [1.82, 2.24) is 15.0 Å². The number of pyridine rings is 1. The summed E-state index contributed by atoms with van der Waals surface area (Å²) in [6.07, 6.45) is -0.0471. The van der Waals surface area contributed by atoms with Crippen LogP contribution in [-0.2, 0) is 15.7 Å². The van der Waals surface area contributed by atoms with Crippen molar-refractivity contribution in [1.29, 1.82) is 0 Å². The second-order valence-electron chi connectivity index (χ2n) is 11.1. The minimum absolute atomic E-state index is 0.120. The van der Waals surface area contributed by atoms with E-state index in [0.717, 1.165) is 31.5 Å². The molecule has 2 fully saturated rings. The highest BCUT2D eigenvalue weighted by Crippen LogP contribution is 2.41. The van der Waals surface area contributed by atoms with Gasteiger partial charge in [0.15, 0.2) is 17.4 Å². The lowest BCUT2D eigenvalue weighted by Gasteiger charge is -2.46. The maximum atomic E-state index is 13.8. The molecule has 222 valence electrons. The van der Waals surface area contributed by atoms with Gasteiger partial charge in [0, 0.05) is 24.7 Å². The number of aromatic nitrogens is 3. The second-order valence-corrected chi connectivity index (χ2v) is 11.1. The monoisotopic (exact) mass is 584 g/mol. The molecule has 3 aliphatic heterocycles. The summed E-state index contributed by atoms with van der Waals surface area (Å²) < 4.78 is 57.4. The molecule has 2 bridgehead atoms. The lowest BCUT2D eigenvalue weighted by molar-refractivity contribution is -0.141. The molecule has 0 spiro atoms. The van der Waals surface area contributed by atoms with Crippen LogP contribution in [0.4, 0.5) is 35.2 Å². The minimum Gasteiger partial charge on any atom is -0.489 e. The Labute approximate surface area is 240 Å².